The molecule has 1 amide bonds. The normalized spacial score (nSPS) is 10.3. The number of carbonyl (C=O) groups excluding carboxylic acids is 1. The van der Waals surface area contributed by atoms with Crippen molar-refractivity contribution in [3.63, 3.8) is 0 Å². The number of benzene rings is 3. The summed E-state index contributed by atoms with van der Waals surface area (Å²) >= 11 is 0. The molecular formula is C23H23NO3. The van der Waals surface area contributed by atoms with Crippen LogP contribution in [0.25, 0.3) is 0 Å². The van der Waals surface area contributed by atoms with Gasteiger partial charge in [-0.05, 0) is 80.4 Å². The summed E-state index contributed by atoms with van der Waals surface area (Å²) in [6.45, 7) is 6.03. The number of ether oxygens (including phenoxy) is 2. The van der Waals surface area contributed by atoms with Gasteiger partial charge >= 0.3 is 0 Å². The van der Waals surface area contributed by atoms with E-state index in [9.17, 15) is 4.79 Å². The number of amides is 1. The standard InChI is InChI=1S/C23H23NO3/c1-16-4-6-19(7-5-16)24-23(25)15-26-20-8-10-21(11-9-20)27-22-13-17(2)12-18(3)14-22/h4-14H,15H2,1-3H3,(H,24,25). The van der Waals surface area contributed by atoms with E-state index >= 15 is 0 Å². The summed E-state index contributed by atoms with van der Waals surface area (Å²) in [7, 11) is 0. The van der Waals surface area contributed by atoms with Crippen molar-refractivity contribution in [3.05, 3.63) is 83.4 Å². The number of anilines is 1. The second kappa shape index (κ2) is 8.41. The minimum atomic E-state index is -0.200. The maximum atomic E-state index is 12.0. The molecule has 0 aromatic heterocycles. The minimum absolute atomic E-state index is 0.0504. The van der Waals surface area contributed by atoms with Crippen LogP contribution in [0.5, 0.6) is 17.2 Å². The van der Waals surface area contributed by atoms with E-state index in [1.165, 1.54) is 0 Å². The Balaban J connectivity index is 1.52. The van der Waals surface area contributed by atoms with Crippen LogP contribution in [0.3, 0.4) is 0 Å². The SMILES string of the molecule is Cc1ccc(NC(=O)COc2ccc(Oc3cc(C)cc(C)c3)cc2)cc1. The smallest absolute Gasteiger partial charge is 0.262 e. The van der Waals surface area contributed by atoms with Gasteiger partial charge in [0.25, 0.3) is 5.91 Å². The lowest BCUT2D eigenvalue weighted by atomic mass is 10.1. The molecule has 27 heavy (non-hydrogen) atoms. The molecule has 3 aromatic carbocycles. The third kappa shape index (κ3) is 5.61. The van der Waals surface area contributed by atoms with E-state index in [1.807, 2.05) is 69.3 Å². The zero-order chi connectivity index (χ0) is 19.2. The first-order chi connectivity index (χ1) is 13.0. The van der Waals surface area contributed by atoms with Gasteiger partial charge < -0.3 is 14.8 Å². The Hall–Kier alpha value is -3.27. The average molecular weight is 361 g/mol. The molecule has 0 fully saturated rings. The van der Waals surface area contributed by atoms with E-state index in [2.05, 4.69) is 11.4 Å². The van der Waals surface area contributed by atoms with Crippen LogP contribution in [0.15, 0.2) is 66.7 Å². The molecule has 0 aliphatic heterocycles. The van der Waals surface area contributed by atoms with Crippen molar-refractivity contribution in [3.8, 4) is 17.2 Å². The van der Waals surface area contributed by atoms with Gasteiger partial charge in [0, 0.05) is 5.69 Å². The highest BCUT2D eigenvalue weighted by atomic mass is 16.5. The lowest BCUT2D eigenvalue weighted by Gasteiger charge is -2.10. The Kier molecular flexibility index (Phi) is 5.77. The largest absolute Gasteiger partial charge is 0.484 e. The molecule has 1 N–H and O–H groups in total. The molecule has 0 aliphatic rings. The van der Waals surface area contributed by atoms with Gasteiger partial charge in [0.1, 0.15) is 17.2 Å². The topological polar surface area (TPSA) is 47.6 Å². The van der Waals surface area contributed by atoms with Crippen LogP contribution >= 0.6 is 0 Å². The summed E-state index contributed by atoms with van der Waals surface area (Å²) < 4.78 is 11.4. The Bertz CT molecular complexity index is 895. The number of rotatable bonds is 6. The summed E-state index contributed by atoms with van der Waals surface area (Å²) in [5, 5.41) is 2.81. The zero-order valence-corrected chi connectivity index (χ0v) is 15.8. The molecular weight excluding hydrogens is 338 g/mol. The Morgan fingerprint density at radius 1 is 0.741 bits per heavy atom. The summed E-state index contributed by atoms with van der Waals surface area (Å²) in [6.07, 6.45) is 0. The number of hydrogen-bond acceptors (Lipinski definition) is 3. The van der Waals surface area contributed by atoms with Crippen molar-refractivity contribution >= 4 is 11.6 Å². The molecule has 138 valence electrons. The molecule has 0 heterocycles. The highest BCUT2D eigenvalue weighted by Crippen LogP contribution is 2.25. The molecule has 0 aliphatic carbocycles. The predicted molar refractivity (Wildman–Crippen MR) is 108 cm³/mol. The van der Waals surface area contributed by atoms with Gasteiger partial charge in [-0.25, -0.2) is 0 Å². The molecule has 0 spiro atoms. The van der Waals surface area contributed by atoms with E-state index < -0.39 is 0 Å². The third-order valence-corrected chi connectivity index (χ3v) is 3.96. The van der Waals surface area contributed by atoms with Gasteiger partial charge in [0.2, 0.25) is 0 Å². The van der Waals surface area contributed by atoms with Crippen molar-refractivity contribution < 1.29 is 14.3 Å². The predicted octanol–water partition coefficient (Wildman–Crippen LogP) is 5.42. The van der Waals surface area contributed by atoms with Gasteiger partial charge in [0.15, 0.2) is 6.61 Å². The number of aryl methyl sites for hydroxylation is 3. The summed E-state index contributed by atoms with van der Waals surface area (Å²) in [4.78, 5) is 12.0. The maximum Gasteiger partial charge on any atom is 0.262 e. The minimum Gasteiger partial charge on any atom is -0.484 e. The first kappa shape index (κ1) is 18.5. The van der Waals surface area contributed by atoms with Gasteiger partial charge in [-0.3, -0.25) is 4.79 Å². The van der Waals surface area contributed by atoms with E-state index in [1.54, 1.807) is 12.1 Å². The molecule has 0 saturated heterocycles. The summed E-state index contributed by atoms with van der Waals surface area (Å²) in [5.41, 5.74) is 4.22. The number of carbonyl (C=O) groups is 1. The highest BCUT2D eigenvalue weighted by molar-refractivity contribution is 5.91. The first-order valence-corrected chi connectivity index (χ1v) is 8.83. The third-order valence-electron chi connectivity index (χ3n) is 3.96. The van der Waals surface area contributed by atoms with Crippen LogP contribution in [0.1, 0.15) is 16.7 Å². The van der Waals surface area contributed by atoms with Gasteiger partial charge in [0.05, 0.1) is 0 Å². The fourth-order valence-electron chi connectivity index (χ4n) is 2.71. The van der Waals surface area contributed by atoms with Crippen molar-refractivity contribution in [2.45, 2.75) is 20.8 Å². The zero-order valence-electron chi connectivity index (χ0n) is 15.8. The van der Waals surface area contributed by atoms with Crippen molar-refractivity contribution in [2.24, 2.45) is 0 Å². The van der Waals surface area contributed by atoms with Crippen LogP contribution in [0.4, 0.5) is 5.69 Å². The molecule has 0 unspecified atom stereocenters. The van der Waals surface area contributed by atoms with Crippen LogP contribution in [0.2, 0.25) is 0 Å². The van der Waals surface area contributed by atoms with Crippen molar-refractivity contribution in [1.82, 2.24) is 0 Å². The van der Waals surface area contributed by atoms with E-state index in [0.717, 1.165) is 33.9 Å². The second-order valence-electron chi connectivity index (χ2n) is 6.60. The highest BCUT2D eigenvalue weighted by Gasteiger charge is 2.05. The molecule has 4 nitrogen and oxygen atoms in total. The maximum absolute atomic E-state index is 12.0. The van der Waals surface area contributed by atoms with Gasteiger partial charge in [-0.2, -0.15) is 0 Å². The van der Waals surface area contributed by atoms with Gasteiger partial charge in [-0.15, -0.1) is 0 Å². The van der Waals surface area contributed by atoms with E-state index in [0.29, 0.717) is 5.75 Å². The van der Waals surface area contributed by atoms with Crippen molar-refractivity contribution in [2.75, 3.05) is 11.9 Å². The molecule has 0 bridgehead atoms. The fraction of sp³-hybridized carbons (Fsp3) is 0.174. The second-order valence-corrected chi connectivity index (χ2v) is 6.60. The lowest BCUT2D eigenvalue weighted by molar-refractivity contribution is -0.118. The quantitative estimate of drug-likeness (QED) is 0.637. The lowest BCUT2D eigenvalue weighted by Crippen LogP contribution is -2.20. The van der Waals surface area contributed by atoms with E-state index in [4.69, 9.17) is 9.47 Å². The Morgan fingerprint density at radius 2 is 1.33 bits per heavy atom. The summed E-state index contributed by atoms with van der Waals surface area (Å²) in [6, 6.07) is 20.9. The molecule has 3 aromatic rings. The van der Waals surface area contributed by atoms with Crippen molar-refractivity contribution in [1.29, 1.82) is 0 Å². The van der Waals surface area contributed by atoms with Crippen LogP contribution < -0.4 is 14.8 Å². The number of hydrogen-bond donors (Lipinski definition) is 1. The number of nitrogens with one attached hydrogen (secondary N) is 1. The molecule has 0 atom stereocenters. The van der Waals surface area contributed by atoms with Gasteiger partial charge in [-0.1, -0.05) is 23.8 Å². The van der Waals surface area contributed by atoms with Crippen LogP contribution in [-0.2, 0) is 4.79 Å². The molecule has 4 heteroatoms. The fourth-order valence-corrected chi connectivity index (χ4v) is 2.71. The van der Waals surface area contributed by atoms with E-state index in [-0.39, 0.29) is 12.5 Å². The first-order valence-electron chi connectivity index (χ1n) is 8.83. The van der Waals surface area contributed by atoms with Crippen LogP contribution in [-0.4, -0.2) is 12.5 Å². The van der Waals surface area contributed by atoms with Crippen LogP contribution in [0, 0.1) is 20.8 Å². The Labute approximate surface area is 159 Å². The molecule has 0 radical (unpaired) electrons. The average Bonchev–Trinajstić information content (AvgIpc) is 2.62. The monoisotopic (exact) mass is 361 g/mol. The Morgan fingerprint density at radius 3 is 1.96 bits per heavy atom. The summed E-state index contributed by atoms with van der Waals surface area (Å²) in [5.74, 6) is 1.94. The molecule has 0 saturated carbocycles. The molecule has 3 rings (SSSR count).